The van der Waals surface area contributed by atoms with Crippen molar-refractivity contribution in [2.75, 3.05) is 25.0 Å². The van der Waals surface area contributed by atoms with E-state index in [4.69, 9.17) is 4.74 Å². The van der Waals surface area contributed by atoms with Crippen LogP contribution in [0.15, 0.2) is 18.2 Å². The molecular formula is C16H18FN5O5S2. The van der Waals surface area contributed by atoms with Gasteiger partial charge in [0.1, 0.15) is 22.7 Å². The molecule has 13 heteroatoms. The number of carbonyl (C=O) groups is 2. The van der Waals surface area contributed by atoms with Gasteiger partial charge in [-0.25, -0.2) is 22.3 Å². The summed E-state index contributed by atoms with van der Waals surface area (Å²) in [6.45, 7) is 1.69. The molecule has 10 nitrogen and oxygen atoms in total. The van der Waals surface area contributed by atoms with Gasteiger partial charge < -0.3 is 10.1 Å². The summed E-state index contributed by atoms with van der Waals surface area (Å²) in [5, 5.41) is 10.7. The lowest BCUT2D eigenvalue weighted by Gasteiger charge is -2.14. The zero-order valence-corrected chi connectivity index (χ0v) is 17.1. The molecular weight excluding hydrogens is 425 g/mol. The number of anilines is 1. The Bertz CT molecular complexity index is 1040. The lowest BCUT2D eigenvalue weighted by atomic mass is 10.2. The van der Waals surface area contributed by atoms with Gasteiger partial charge >= 0.3 is 6.09 Å². The van der Waals surface area contributed by atoms with Crippen molar-refractivity contribution < 1.29 is 27.1 Å². The fourth-order valence-corrected chi connectivity index (χ4v) is 4.49. The van der Waals surface area contributed by atoms with Crippen LogP contribution in [0.2, 0.25) is 0 Å². The monoisotopic (exact) mass is 443 g/mol. The Morgan fingerprint density at radius 1 is 1.41 bits per heavy atom. The van der Waals surface area contributed by atoms with Crippen LogP contribution < -0.4 is 14.9 Å². The smallest absolute Gasteiger partial charge is 0.414 e. The maximum Gasteiger partial charge on any atom is 0.414 e. The van der Waals surface area contributed by atoms with Crippen LogP contribution in [0.4, 0.5) is 14.9 Å². The van der Waals surface area contributed by atoms with E-state index in [9.17, 15) is 22.4 Å². The summed E-state index contributed by atoms with van der Waals surface area (Å²) in [7, 11) is -2.22. The molecule has 0 aliphatic carbocycles. The molecule has 29 heavy (non-hydrogen) atoms. The molecule has 2 amide bonds. The molecule has 0 bridgehead atoms. The van der Waals surface area contributed by atoms with Crippen LogP contribution >= 0.6 is 11.3 Å². The van der Waals surface area contributed by atoms with Gasteiger partial charge in [-0.15, -0.1) is 10.2 Å². The lowest BCUT2D eigenvalue weighted by molar-refractivity contribution is -0.119. The number of ether oxygens (including phenoxy) is 1. The topological polar surface area (TPSA) is 131 Å². The number of amides is 2. The second-order valence-corrected chi connectivity index (χ2v) is 9.17. The molecule has 1 atom stereocenters. The Kier molecular flexibility index (Phi) is 6.10. The molecule has 1 aliphatic rings. The number of cyclic esters (lactones) is 1. The van der Waals surface area contributed by atoms with E-state index in [0.717, 1.165) is 11.3 Å². The summed E-state index contributed by atoms with van der Waals surface area (Å²) in [5.41, 5.74) is 0.436. The van der Waals surface area contributed by atoms with Crippen LogP contribution in [0, 0.1) is 5.82 Å². The van der Waals surface area contributed by atoms with E-state index in [0.29, 0.717) is 5.69 Å². The van der Waals surface area contributed by atoms with Crippen molar-refractivity contribution in [3.63, 3.8) is 0 Å². The molecule has 1 unspecified atom stereocenters. The van der Waals surface area contributed by atoms with Gasteiger partial charge in [0.05, 0.1) is 18.8 Å². The van der Waals surface area contributed by atoms with Gasteiger partial charge in [0.15, 0.2) is 5.01 Å². The van der Waals surface area contributed by atoms with Gasteiger partial charge in [0, 0.05) is 12.5 Å². The van der Waals surface area contributed by atoms with Gasteiger partial charge in [-0.3, -0.25) is 9.69 Å². The Hall–Kier alpha value is -2.64. The van der Waals surface area contributed by atoms with Crippen molar-refractivity contribution in [1.29, 1.82) is 0 Å². The first kappa shape index (κ1) is 21.1. The molecule has 2 N–H and O–H groups in total. The summed E-state index contributed by atoms with van der Waals surface area (Å²) >= 11 is 0.964. The van der Waals surface area contributed by atoms with Crippen LogP contribution in [-0.2, 0) is 25.3 Å². The number of hydrogen-bond acceptors (Lipinski definition) is 8. The summed E-state index contributed by atoms with van der Waals surface area (Å²) in [5.74, 6) is -1.23. The third kappa shape index (κ3) is 5.05. The first-order valence-corrected chi connectivity index (χ1v) is 10.9. The number of carbonyl (C=O) groups excluding carboxylic acids is 2. The molecule has 1 aliphatic heterocycles. The fraction of sp³-hybridized carbons (Fsp3) is 0.375. The normalized spacial score (nSPS) is 16.7. The summed E-state index contributed by atoms with van der Waals surface area (Å²) in [4.78, 5) is 24.3. The van der Waals surface area contributed by atoms with E-state index >= 15 is 0 Å². The number of sulfonamides is 1. The predicted molar refractivity (Wildman–Crippen MR) is 103 cm³/mol. The van der Waals surface area contributed by atoms with Crippen molar-refractivity contribution in [2.24, 2.45) is 0 Å². The third-order valence-electron chi connectivity index (χ3n) is 4.04. The van der Waals surface area contributed by atoms with Crippen LogP contribution in [0.25, 0.3) is 10.6 Å². The molecule has 2 heterocycles. The molecule has 2 aromatic rings. The minimum atomic E-state index is -3.51. The minimum absolute atomic E-state index is 0.140. The molecule has 1 fully saturated rings. The van der Waals surface area contributed by atoms with Crippen LogP contribution in [0.3, 0.4) is 0 Å². The van der Waals surface area contributed by atoms with Crippen molar-refractivity contribution >= 4 is 39.0 Å². The van der Waals surface area contributed by atoms with Gasteiger partial charge in [0.2, 0.25) is 15.9 Å². The Balaban J connectivity index is 1.75. The van der Waals surface area contributed by atoms with E-state index in [1.165, 1.54) is 37.1 Å². The van der Waals surface area contributed by atoms with Gasteiger partial charge in [-0.1, -0.05) is 11.3 Å². The quantitative estimate of drug-likeness (QED) is 0.649. The maximum atomic E-state index is 14.7. The van der Waals surface area contributed by atoms with Crippen molar-refractivity contribution in [1.82, 2.24) is 20.2 Å². The van der Waals surface area contributed by atoms with E-state index in [1.807, 2.05) is 0 Å². The summed E-state index contributed by atoms with van der Waals surface area (Å²) in [6.07, 6.45) is -1.17. The number of nitrogens with zero attached hydrogens (tertiary/aromatic N) is 3. The second kappa shape index (κ2) is 8.39. The van der Waals surface area contributed by atoms with Crippen LogP contribution in [-0.4, -0.2) is 56.9 Å². The average Bonchev–Trinajstić information content (AvgIpc) is 3.26. The summed E-state index contributed by atoms with van der Waals surface area (Å²) < 4.78 is 45.2. The molecule has 1 aromatic heterocycles. The number of nitrogens with one attached hydrogen (secondary N) is 2. The highest BCUT2D eigenvalue weighted by Gasteiger charge is 2.32. The molecule has 1 saturated heterocycles. The number of aromatic nitrogens is 2. The lowest BCUT2D eigenvalue weighted by Crippen LogP contribution is -2.33. The van der Waals surface area contributed by atoms with Crippen molar-refractivity contribution in [3.05, 3.63) is 29.0 Å². The molecule has 3 rings (SSSR count). The second-order valence-electron chi connectivity index (χ2n) is 6.18. The maximum absolute atomic E-state index is 14.7. The minimum Gasteiger partial charge on any atom is -0.442 e. The van der Waals surface area contributed by atoms with E-state index in [-0.39, 0.29) is 40.3 Å². The number of benzene rings is 1. The Morgan fingerprint density at radius 2 is 2.17 bits per heavy atom. The van der Waals surface area contributed by atoms with Gasteiger partial charge in [-0.05, 0) is 25.2 Å². The number of hydrogen-bond donors (Lipinski definition) is 2. The third-order valence-corrected chi connectivity index (χ3v) is 6.45. The number of halogens is 1. The van der Waals surface area contributed by atoms with Gasteiger partial charge in [0.25, 0.3) is 0 Å². The van der Waals surface area contributed by atoms with E-state index in [2.05, 4.69) is 20.2 Å². The van der Waals surface area contributed by atoms with E-state index in [1.54, 1.807) is 0 Å². The standard InChI is InChI=1S/C16H18FN5O5S2/c1-9(23)19-6-11-7-22(16(24)27-11)10-3-4-12(13(17)5-10)15-21-20-14(28-15)8-29(25,26)18-2/h3-5,11,18H,6-8H2,1-2H3,(H,19,23). The van der Waals surface area contributed by atoms with Crippen LogP contribution in [0.1, 0.15) is 11.9 Å². The fourth-order valence-electron chi connectivity index (χ4n) is 2.60. The SMILES string of the molecule is CNS(=O)(=O)Cc1nnc(-c2ccc(N3CC(CNC(C)=O)OC3=O)cc2F)s1. The Labute approximate surface area is 170 Å². The number of rotatable bonds is 7. The highest BCUT2D eigenvalue weighted by atomic mass is 32.2. The zero-order chi connectivity index (χ0) is 21.2. The predicted octanol–water partition coefficient (Wildman–Crippen LogP) is 0.855. The van der Waals surface area contributed by atoms with Crippen molar-refractivity contribution in [2.45, 2.75) is 18.8 Å². The highest BCUT2D eigenvalue weighted by molar-refractivity contribution is 7.88. The summed E-state index contributed by atoms with van der Waals surface area (Å²) in [6, 6.07) is 4.14. The highest BCUT2D eigenvalue weighted by Crippen LogP contribution is 2.31. The van der Waals surface area contributed by atoms with E-state index < -0.39 is 28.0 Å². The first-order chi connectivity index (χ1) is 13.7. The Morgan fingerprint density at radius 3 is 2.83 bits per heavy atom. The zero-order valence-electron chi connectivity index (χ0n) is 15.5. The molecule has 0 radical (unpaired) electrons. The first-order valence-electron chi connectivity index (χ1n) is 8.44. The average molecular weight is 443 g/mol. The molecule has 1 aromatic carbocycles. The molecule has 0 spiro atoms. The van der Waals surface area contributed by atoms with Gasteiger partial charge in [-0.2, -0.15) is 0 Å². The largest absolute Gasteiger partial charge is 0.442 e. The molecule has 156 valence electrons. The molecule has 0 saturated carbocycles. The van der Waals surface area contributed by atoms with Crippen LogP contribution in [0.5, 0.6) is 0 Å². The van der Waals surface area contributed by atoms with Crippen molar-refractivity contribution in [3.8, 4) is 10.6 Å².